The molecule has 1 saturated heterocycles. The second kappa shape index (κ2) is 5.32. The Kier molecular flexibility index (Phi) is 3.80. The molecule has 1 N–H and O–H groups in total. The lowest BCUT2D eigenvalue weighted by Crippen LogP contribution is -2.30. The third-order valence-electron chi connectivity index (χ3n) is 2.06. The van der Waals surface area contributed by atoms with Gasteiger partial charge in [-0.25, -0.2) is 9.97 Å². The van der Waals surface area contributed by atoms with Crippen LogP contribution in [0.5, 0.6) is 0 Å². The maximum absolute atomic E-state index is 5.12. The number of aromatic nitrogens is 2. The molecule has 0 aliphatic carbocycles. The van der Waals surface area contributed by atoms with Gasteiger partial charge in [0.1, 0.15) is 5.03 Å². The highest BCUT2D eigenvalue weighted by atomic mass is 32.2. The van der Waals surface area contributed by atoms with Crippen molar-refractivity contribution < 1.29 is 4.74 Å². The number of anilines is 1. The lowest BCUT2D eigenvalue weighted by Gasteiger charge is -2.24. The lowest BCUT2D eigenvalue weighted by molar-refractivity contribution is 0.0454. The van der Waals surface area contributed by atoms with E-state index in [2.05, 4.69) is 22.2 Å². The van der Waals surface area contributed by atoms with Crippen molar-refractivity contribution in [2.24, 2.45) is 0 Å². The molecule has 1 fully saturated rings. The van der Waals surface area contributed by atoms with Crippen LogP contribution in [0.3, 0.4) is 0 Å². The van der Waals surface area contributed by atoms with E-state index in [1.54, 1.807) is 18.0 Å². The first-order valence-corrected chi connectivity index (χ1v) is 6.08. The van der Waals surface area contributed by atoms with Crippen molar-refractivity contribution in [2.45, 2.75) is 23.6 Å². The Labute approximate surface area is 93.8 Å². The van der Waals surface area contributed by atoms with Crippen LogP contribution in [0.15, 0.2) is 17.3 Å². The summed E-state index contributed by atoms with van der Waals surface area (Å²) in [6, 6.07) is 1.94. The molecule has 0 bridgehead atoms. The average molecular weight is 225 g/mol. The number of hydrogen-bond donors (Lipinski definition) is 1. The van der Waals surface area contributed by atoms with Gasteiger partial charge in [0.2, 0.25) is 5.95 Å². The second-order valence-electron chi connectivity index (χ2n) is 3.42. The van der Waals surface area contributed by atoms with E-state index in [-0.39, 0.29) is 0 Å². The van der Waals surface area contributed by atoms with E-state index in [1.807, 2.05) is 6.07 Å². The molecule has 5 heteroatoms. The third kappa shape index (κ3) is 3.07. The summed E-state index contributed by atoms with van der Waals surface area (Å²) in [4.78, 5) is 8.58. The van der Waals surface area contributed by atoms with Crippen LogP contribution in [0.2, 0.25) is 0 Å². The second-order valence-corrected chi connectivity index (χ2v) is 4.74. The molecule has 0 spiro atoms. The Balaban J connectivity index is 1.92. The molecule has 0 saturated carbocycles. The Hall–Kier alpha value is -0.810. The standard InChI is InChI=1S/C10H15N3OS/c1-2-4-11-10-12-5-3-9(13-10)15-8-6-14-7-8/h3,5,8H,2,4,6-7H2,1H3,(H,11,12,13). The average Bonchev–Trinajstić information content (AvgIpc) is 2.21. The summed E-state index contributed by atoms with van der Waals surface area (Å²) in [5, 5.41) is 4.77. The monoisotopic (exact) mass is 225 g/mol. The molecule has 82 valence electrons. The van der Waals surface area contributed by atoms with Crippen molar-refractivity contribution in [3.63, 3.8) is 0 Å². The minimum Gasteiger partial charge on any atom is -0.379 e. The number of nitrogens with zero attached hydrogens (tertiary/aromatic N) is 2. The summed E-state index contributed by atoms with van der Waals surface area (Å²) in [6.07, 6.45) is 2.88. The van der Waals surface area contributed by atoms with Gasteiger partial charge in [-0.15, -0.1) is 0 Å². The van der Waals surface area contributed by atoms with Crippen LogP contribution >= 0.6 is 11.8 Å². The molecule has 2 heterocycles. The maximum Gasteiger partial charge on any atom is 0.223 e. The van der Waals surface area contributed by atoms with E-state index in [9.17, 15) is 0 Å². The Morgan fingerprint density at radius 1 is 1.60 bits per heavy atom. The Bertz CT molecular complexity index is 317. The molecule has 0 atom stereocenters. The molecule has 4 nitrogen and oxygen atoms in total. The topological polar surface area (TPSA) is 47.0 Å². The van der Waals surface area contributed by atoms with Gasteiger partial charge in [0.05, 0.1) is 18.5 Å². The van der Waals surface area contributed by atoms with Gasteiger partial charge in [0.15, 0.2) is 0 Å². The highest BCUT2D eigenvalue weighted by Crippen LogP contribution is 2.26. The zero-order valence-electron chi connectivity index (χ0n) is 8.77. The number of ether oxygens (including phenoxy) is 1. The van der Waals surface area contributed by atoms with Crippen molar-refractivity contribution in [3.05, 3.63) is 12.3 Å². The summed E-state index contributed by atoms with van der Waals surface area (Å²) in [7, 11) is 0. The van der Waals surface area contributed by atoms with Crippen molar-refractivity contribution in [2.75, 3.05) is 25.1 Å². The van der Waals surface area contributed by atoms with E-state index in [4.69, 9.17) is 4.74 Å². The van der Waals surface area contributed by atoms with Gasteiger partial charge in [-0.2, -0.15) is 0 Å². The lowest BCUT2D eigenvalue weighted by atomic mass is 10.4. The van der Waals surface area contributed by atoms with Crippen LogP contribution in [0, 0.1) is 0 Å². The predicted octanol–water partition coefficient (Wildman–Crippen LogP) is 1.79. The molecule has 15 heavy (non-hydrogen) atoms. The first-order valence-electron chi connectivity index (χ1n) is 5.20. The molecule has 1 aliphatic heterocycles. The molecular formula is C10H15N3OS. The molecular weight excluding hydrogens is 210 g/mol. The van der Waals surface area contributed by atoms with E-state index >= 15 is 0 Å². The fourth-order valence-corrected chi connectivity index (χ4v) is 2.13. The number of rotatable bonds is 5. The maximum atomic E-state index is 5.12. The number of hydrogen-bond acceptors (Lipinski definition) is 5. The Morgan fingerprint density at radius 2 is 2.47 bits per heavy atom. The third-order valence-corrected chi connectivity index (χ3v) is 3.13. The molecule has 1 aromatic rings. The molecule has 1 aliphatic rings. The molecule has 1 aromatic heterocycles. The van der Waals surface area contributed by atoms with Crippen molar-refractivity contribution >= 4 is 17.7 Å². The largest absolute Gasteiger partial charge is 0.379 e. The zero-order valence-corrected chi connectivity index (χ0v) is 9.59. The summed E-state index contributed by atoms with van der Waals surface area (Å²) in [6.45, 7) is 4.72. The first-order chi connectivity index (χ1) is 7.38. The van der Waals surface area contributed by atoms with Crippen molar-refractivity contribution in [3.8, 4) is 0 Å². The molecule has 2 rings (SSSR count). The minimum absolute atomic E-state index is 0.568. The van der Waals surface area contributed by atoms with Crippen LogP contribution < -0.4 is 5.32 Å². The van der Waals surface area contributed by atoms with Crippen LogP contribution in [-0.4, -0.2) is 35.0 Å². The minimum atomic E-state index is 0.568. The predicted molar refractivity (Wildman–Crippen MR) is 61.3 cm³/mol. The summed E-state index contributed by atoms with van der Waals surface area (Å²) >= 11 is 1.76. The highest BCUT2D eigenvalue weighted by molar-refractivity contribution is 8.00. The fourth-order valence-electron chi connectivity index (χ4n) is 1.18. The highest BCUT2D eigenvalue weighted by Gasteiger charge is 2.20. The van der Waals surface area contributed by atoms with Gasteiger partial charge in [0, 0.05) is 12.7 Å². The van der Waals surface area contributed by atoms with Crippen molar-refractivity contribution in [1.29, 1.82) is 0 Å². The van der Waals surface area contributed by atoms with E-state index in [0.29, 0.717) is 5.25 Å². The van der Waals surface area contributed by atoms with E-state index < -0.39 is 0 Å². The fraction of sp³-hybridized carbons (Fsp3) is 0.600. The first kappa shape index (κ1) is 10.7. The van der Waals surface area contributed by atoms with Gasteiger partial charge in [-0.1, -0.05) is 18.7 Å². The van der Waals surface area contributed by atoms with E-state index in [1.165, 1.54) is 0 Å². The number of thioether (sulfide) groups is 1. The van der Waals surface area contributed by atoms with Crippen LogP contribution in [-0.2, 0) is 4.74 Å². The molecule has 0 unspecified atom stereocenters. The molecule has 0 radical (unpaired) electrons. The Morgan fingerprint density at radius 3 is 3.13 bits per heavy atom. The smallest absolute Gasteiger partial charge is 0.223 e. The van der Waals surface area contributed by atoms with Crippen LogP contribution in [0.1, 0.15) is 13.3 Å². The quantitative estimate of drug-likeness (QED) is 0.774. The molecule has 0 aromatic carbocycles. The summed E-state index contributed by atoms with van der Waals surface area (Å²) in [5.41, 5.74) is 0. The van der Waals surface area contributed by atoms with Crippen molar-refractivity contribution in [1.82, 2.24) is 9.97 Å². The van der Waals surface area contributed by atoms with Gasteiger partial charge in [-0.05, 0) is 12.5 Å². The summed E-state index contributed by atoms with van der Waals surface area (Å²) < 4.78 is 5.12. The SMILES string of the molecule is CCCNc1nccc(SC2COC2)n1. The van der Waals surface area contributed by atoms with Gasteiger partial charge in [-0.3, -0.25) is 0 Å². The van der Waals surface area contributed by atoms with Gasteiger partial charge < -0.3 is 10.1 Å². The zero-order chi connectivity index (χ0) is 10.5. The van der Waals surface area contributed by atoms with E-state index in [0.717, 1.165) is 37.2 Å². The normalized spacial score (nSPS) is 16.1. The molecule has 0 amide bonds. The van der Waals surface area contributed by atoms with Gasteiger partial charge >= 0.3 is 0 Å². The van der Waals surface area contributed by atoms with Crippen LogP contribution in [0.4, 0.5) is 5.95 Å². The summed E-state index contributed by atoms with van der Waals surface area (Å²) in [5.74, 6) is 0.724. The van der Waals surface area contributed by atoms with Gasteiger partial charge in [0.25, 0.3) is 0 Å². The number of nitrogens with one attached hydrogen (secondary N) is 1. The van der Waals surface area contributed by atoms with Crippen LogP contribution in [0.25, 0.3) is 0 Å².